The number of morpholine rings is 1. The van der Waals surface area contributed by atoms with E-state index in [1.165, 1.54) is 6.07 Å². The number of halogens is 2. The van der Waals surface area contributed by atoms with Crippen molar-refractivity contribution < 1.29 is 9.13 Å². The van der Waals surface area contributed by atoms with Gasteiger partial charge in [0.25, 0.3) is 0 Å². The van der Waals surface area contributed by atoms with E-state index in [1.54, 1.807) is 12.1 Å². The Balaban J connectivity index is 1.76. The van der Waals surface area contributed by atoms with E-state index in [4.69, 9.17) is 16.3 Å². The van der Waals surface area contributed by atoms with Crippen LogP contribution in [0.3, 0.4) is 0 Å². The first-order valence-corrected chi connectivity index (χ1v) is 6.48. The maximum Gasteiger partial charge on any atom is 0.141 e. The Morgan fingerprint density at radius 1 is 1.56 bits per heavy atom. The number of nitrogens with one attached hydrogen (secondary N) is 1. The van der Waals surface area contributed by atoms with Gasteiger partial charge in [-0.25, -0.2) is 4.39 Å². The minimum Gasteiger partial charge on any atom is -0.374 e. The third-order valence-electron chi connectivity index (χ3n) is 3.03. The second-order valence-electron chi connectivity index (χ2n) is 4.63. The van der Waals surface area contributed by atoms with Crippen LogP contribution in [0.25, 0.3) is 0 Å². The molecule has 1 heterocycles. The van der Waals surface area contributed by atoms with Gasteiger partial charge in [0.05, 0.1) is 17.7 Å². The van der Waals surface area contributed by atoms with Crippen LogP contribution >= 0.6 is 11.6 Å². The van der Waals surface area contributed by atoms with Gasteiger partial charge >= 0.3 is 0 Å². The second-order valence-corrected chi connectivity index (χ2v) is 5.04. The molecule has 18 heavy (non-hydrogen) atoms. The highest BCUT2D eigenvalue weighted by molar-refractivity contribution is 6.30. The molecule has 100 valence electrons. The Kier molecular flexibility index (Phi) is 4.95. The average Bonchev–Trinajstić information content (AvgIpc) is 2.34. The Labute approximate surface area is 112 Å². The Morgan fingerprint density at radius 2 is 2.39 bits per heavy atom. The summed E-state index contributed by atoms with van der Waals surface area (Å²) >= 11 is 5.73. The summed E-state index contributed by atoms with van der Waals surface area (Å²) in [6.07, 6.45) is 0.222. The molecular formula is C13H18ClFN2O. The zero-order valence-corrected chi connectivity index (χ0v) is 11.2. The number of benzene rings is 1. The van der Waals surface area contributed by atoms with E-state index in [9.17, 15) is 4.39 Å². The van der Waals surface area contributed by atoms with Gasteiger partial charge in [-0.15, -0.1) is 0 Å². The van der Waals surface area contributed by atoms with E-state index in [2.05, 4.69) is 17.3 Å². The van der Waals surface area contributed by atoms with Crippen LogP contribution in [-0.4, -0.2) is 44.3 Å². The molecule has 1 fully saturated rings. The molecule has 1 unspecified atom stereocenters. The number of hydrogen-bond donors (Lipinski definition) is 1. The van der Waals surface area contributed by atoms with Gasteiger partial charge in [0.2, 0.25) is 0 Å². The minimum absolute atomic E-state index is 0.169. The summed E-state index contributed by atoms with van der Waals surface area (Å²) in [5, 5.41) is 3.48. The SMILES string of the molecule is CN1CCOC(CNCc2ccc(F)c(Cl)c2)C1. The molecular weight excluding hydrogens is 255 g/mol. The molecule has 1 aliphatic heterocycles. The normalized spacial score (nSPS) is 21.2. The maximum atomic E-state index is 13.0. The molecule has 3 nitrogen and oxygen atoms in total. The van der Waals surface area contributed by atoms with Crippen molar-refractivity contribution in [2.24, 2.45) is 0 Å². The van der Waals surface area contributed by atoms with Crippen LogP contribution in [0, 0.1) is 5.82 Å². The van der Waals surface area contributed by atoms with E-state index in [1.807, 2.05) is 0 Å². The first kappa shape index (κ1) is 13.7. The lowest BCUT2D eigenvalue weighted by molar-refractivity contribution is -0.0182. The molecule has 1 N–H and O–H groups in total. The molecule has 0 bridgehead atoms. The first-order chi connectivity index (χ1) is 8.65. The van der Waals surface area contributed by atoms with E-state index in [-0.39, 0.29) is 16.9 Å². The monoisotopic (exact) mass is 272 g/mol. The van der Waals surface area contributed by atoms with Crippen molar-refractivity contribution in [3.05, 3.63) is 34.6 Å². The molecule has 0 spiro atoms. The molecule has 0 amide bonds. The summed E-state index contributed by atoms with van der Waals surface area (Å²) in [5.74, 6) is -0.377. The highest BCUT2D eigenvalue weighted by Crippen LogP contribution is 2.15. The van der Waals surface area contributed by atoms with Gasteiger partial charge in [-0.2, -0.15) is 0 Å². The fourth-order valence-electron chi connectivity index (χ4n) is 2.02. The van der Waals surface area contributed by atoms with Crippen molar-refractivity contribution >= 4 is 11.6 Å². The third kappa shape index (κ3) is 3.92. The molecule has 1 aromatic carbocycles. The van der Waals surface area contributed by atoms with Crippen molar-refractivity contribution in [3.8, 4) is 0 Å². The molecule has 0 saturated carbocycles. The molecule has 5 heteroatoms. The second kappa shape index (κ2) is 6.48. The third-order valence-corrected chi connectivity index (χ3v) is 3.32. The van der Waals surface area contributed by atoms with Gasteiger partial charge in [0.1, 0.15) is 5.82 Å². The van der Waals surface area contributed by atoms with Crippen LogP contribution in [0.1, 0.15) is 5.56 Å². The van der Waals surface area contributed by atoms with Gasteiger partial charge < -0.3 is 15.0 Å². The van der Waals surface area contributed by atoms with Crippen LogP contribution in [0.15, 0.2) is 18.2 Å². The number of hydrogen-bond acceptors (Lipinski definition) is 3. The zero-order chi connectivity index (χ0) is 13.0. The Morgan fingerprint density at radius 3 is 3.11 bits per heavy atom. The van der Waals surface area contributed by atoms with Gasteiger partial charge in [0.15, 0.2) is 0 Å². The van der Waals surface area contributed by atoms with Crippen LogP contribution in [0.5, 0.6) is 0 Å². The predicted octanol–water partition coefficient (Wildman–Crippen LogP) is 1.90. The van der Waals surface area contributed by atoms with Crippen molar-refractivity contribution in [3.63, 3.8) is 0 Å². The fourth-order valence-corrected chi connectivity index (χ4v) is 2.22. The molecule has 1 saturated heterocycles. The van der Waals surface area contributed by atoms with E-state index in [0.29, 0.717) is 6.54 Å². The molecule has 0 radical (unpaired) electrons. The van der Waals surface area contributed by atoms with Gasteiger partial charge in [0, 0.05) is 26.2 Å². The van der Waals surface area contributed by atoms with Crippen molar-refractivity contribution in [2.75, 3.05) is 33.3 Å². The lowest BCUT2D eigenvalue weighted by Crippen LogP contribution is -2.44. The summed E-state index contributed by atoms with van der Waals surface area (Å²) in [4.78, 5) is 2.25. The molecule has 1 aromatic rings. The smallest absolute Gasteiger partial charge is 0.141 e. The van der Waals surface area contributed by atoms with Crippen LogP contribution in [0.4, 0.5) is 4.39 Å². The Bertz CT molecular complexity index is 403. The van der Waals surface area contributed by atoms with E-state index >= 15 is 0 Å². The molecule has 1 aliphatic rings. The van der Waals surface area contributed by atoms with Gasteiger partial charge in [-0.1, -0.05) is 17.7 Å². The van der Waals surface area contributed by atoms with Crippen molar-refractivity contribution in [1.29, 1.82) is 0 Å². The molecule has 2 rings (SSSR count). The average molecular weight is 273 g/mol. The number of nitrogens with zero attached hydrogens (tertiary/aromatic N) is 1. The lowest BCUT2D eigenvalue weighted by Gasteiger charge is -2.30. The highest BCUT2D eigenvalue weighted by Gasteiger charge is 2.16. The standard InChI is InChI=1S/C13H18ClFN2O/c1-17-4-5-18-11(9-17)8-16-7-10-2-3-13(15)12(14)6-10/h2-3,6,11,16H,4-5,7-9H2,1H3. The van der Waals surface area contributed by atoms with Crippen molar-refractivity contribution in [1.82, 2.24) is 10.2 Å². The summed E-state index contributed by atoms with van der Waals surface area (Å²) in [5.41, 5.74) is 0.977. The summed E-state index contributed by atoms with van der Waals surface area (Å²) in [6, 6.07) is 4.78. The van der Waals surface area contributed by atoms with Gasteiger partial charge in [-0.05, 0) is 24.7 Å². The Hall–Kier alpha value is -0.680. The molecule has 0 aromatic heterocycles. The molecule has 0 aliphatic carbocycles. The maximum absolute atomic E-state index is 13.0. The van der Waals surface area contributed by atoms with E-state index < -0.39 is 0 Å². The topological polar surface area (TPSA) is 24.5 Å². The quantitative estimate of drug-likeness (QED) is 0.906. The van der Waals surface area contributed by atoms with Gasteiger partial charge in [-0.3, -0.25) is 0 Å². The van der Waals surface area contributed by atoms with Crippen molar-refractivity contribution in [2.45, 2.75) is 12.6 Å². The number of rotatable bonds is 4. The fraction of sp³-hybridized carbons (Fsp3) is 0.538. The summed E-state index contributed by atoms with van der Waals surface area (Å²) < 4.78 is 18.6. The lowest BCUT2D eigenvalue weighted by atomic mass is 10.2. The van der Waals surface area contributed by atoms with Crippen LogP contribution in [0.2, 0.25) is 5.02 Å². The minimum atomic E-state index is -0.377. The molecule has 1 atom stereocenters. The highest BCUT2D eigenvalue weighted by atomic mass is 35.5. The van der Waals surface area contributed by atoms with Crippen LogP contribution in [-0.2, 0) is 11.3 Å². The largest absolute Gasteiger partial charge is 0.374 e. The summed E-state index contributed by atoms with van der Waals surface area (Å²) in [6.45, 7) is 4.18. The summed E-state index contributed by atoms with van der Waals surface area (Å²) in [7, 11) is 2.09. The first-order valence-electron chi connectivity index (χ1n) is 6.10. The zero-order valence-electron chi connectivity index (χ0n) is 10.5. The van der Waals surface area contributed by atoms with Crippen LogP contribution < -0.4 is 5.32 Å². The number of likely N-dealkylation sites (N-methyl/N-ethyl adjacent to an activating group) is 1. The predicted molar refractivity (Wildman–Crippen MR) is 70.4 cm³/mol. The number of ether oxygens (including phenoxy) is 1. The van der Waals surface area contributed by atoms with E-state index in [0.717, 1.165) is 31.8 Å².